The van der Waals surface area contributed by atoms with Crippen molar-refractivity contribution in [3.63, 3.8) is 0 Å². The Labute approximate surface area is 84.6 Å². The number of rotatable bonds is 6. The van der Waals surface area contributed by atoms with Crippen molar-refractivity contribution in [3.05, 3.63) is 0 Å². The van der Waals surface area contributed by atoms with Gasteiger partial charge in [0.15, 0.2) is 0 Å². The third-order valence-electron chi connectivity index (χ3n) is 0.981. The summed E-state index contributed by atoms with van der Waals surface area (Å²) in [6.45, 7) is 4.62. The molecule has 86 valence electrons. The van der Waals surface area contributed by atoms with Crippen LogP contribution in [0.1, 0.15) is 20.3 Å². The van der Waals surface area contributed by atoms with Crippen LogP contribution < -0.4 is 0 Å². The molecule has 5 nitrogen and oxygen atoms in total. The van der Waals surface area contributed by atoms with Crippen molar-refractivity contribution in [3.8, 4) is 0 Å². The zero-order chi connectivity index (χ0) is 11.2. The monoisotopic (exact) mass is 208 g/mol. The highest BCUT2D eigenvalue weighted by molar-refractivity contribution is 5.65. The van der Waals surface area contributed by atoms with Gasteiger partial charge in [0.25, 0.3) is 0 Å². The fraction of sp³-hybridized carbons (Fsp3) is 0.889. The largest absolute Gasteiger partial charge is 0.466 e. The van der Waals surface area contributed by atoms with Crippen LogP contribution in [0.15, 0.2) is 0 Å². The molecule has 5 heteroatoms. The molecule has 0 saturated carbocycles. The number of hydrogen-bond acceptors (Lipinski definition) is 5. The second-order valence-electron chi connectivity index (χ2n) is 2.40. The van der Waals surface area contributed by atoms with Gasteiger partial charge in [0.1, 0.15) is 0 Å². The van der Waals surface area contributed by atoms with Crippen LogP contribution in [0.2, 0.25) is 0 Å². The van der Waals surface area contributed by atoms with Crippen molar-refractivity contribution in [2.24, 2.45) is 0 Å². The van der Waals surface area contributed by atoms with Crippen LogP contribution in [0.3, 0.4) is 0 Å². The molecule has 0 aliphatic rings. The first-order valence-corrected chi connectivity index (χ1v) is 4.61. The molecule has 0 rings (SSSR count). The fourth-order valence-corrected chi connectivity index (χ4v) is 0.477. The van der Waals surface area contributed by atoms with Crippen molar-refractivity contribution in [2.45, 2.75) is 20.3 Å². The van der Waals surface area contributed by atoms with Gasteiger partial charge in [-0.05, 0) is 6.42 Å². The summed E-state index contributed by atoms with van der Waals surface area (Å²) in [6.07, 6.45) is 0.902. The Morgan fingerprint density at radius 3 is 1.86 bits per heavy atom. The second kappa shape index (κ2) is 14.9. The first kappa shape index (κ1) is 15.8. The molecule has 0 unspecified atom stereocenters. The molecule has 2 N–H and O–H groups in total. The van der Waals surface area contributed by atoms with Gasteiger partial charge in [-0.25, -0.2) is 0 Å². The number of aliphatic hydroxyl groups excluding tert-OH is 2. The van der Waals surface area contributed by atoms with Crippen LogP contribution in [0.5, 0.6) is 0 Å². The van der Waals surface area contributed by atoms with Crippen molar-refractivity contribution >= 4 is 5.97 Å². The van der Waals surface area contributed by atoms with E-state index in [0.717, 1.165) is 6.42 Å². The molecular formula is C9H20O5. The molecule has 0 aromatic carbocycles. The molecule has 0 amide bonds. The Balaban J connectivity index is 0. The third kappa shape index (κ3) is 22.5. The normalized spacial score (nSPS) is 8.86. The highest BCUT2D eigenvalue weighted by Crippen LogP contribution is 1.78. The summed E-state index contributed by atoms with van der Waals surface area (Å²) in [6, 6.07) is 0. The zero-order valence-electron chi connectivity index (χ0n) is 8.86. The summed E-state index contributed by atoms with van der Waals surface area (Å²) in [5, 5.41) is 16.2. The first-order valence-electron chi connectivity index (χ1n) is 4.61. The predicted molar refractivity (Wildman–Crippen MR) is 51.9 cm³/mol. The maximum Gasteiger partial charge on any atom is 0.302 e. The van der Waals surface area contributed by atoms with Crippen molar-refractivity contribution in [1.29, 1.82) is 0 Å². The molecule has 0 aromatic heterocycles. The van der Waals surface area contributed by atoms with E-state index in [2.05, 4.69) is 9.47 Å². The minimum absolute atomic E-state index is 0.0278. The summed E-state index contributed by atoms with van der Waals surface area (Å²) in [7, 11) is 0. The zero-order valence-corrected chi connectivity index (χ0v) is 8.86. The van der Waals surface area contributed by atoms with E-state index in [1.165, 1.54) is 6.92 Å². The number of esters is 1. The average Bonchev–Trinajstić information content (AvgIpc) is 2.16. The average molecular weight is 208 g/mol. The summed E-state index contributed by atoms with van der Waals surface area (Å²) in [5.74, 6) is -0.193. The standard InChI is InChI=1S/C5H10O2.C4H10O3/c1-3-4-7-5(2)6;5-1-3-7-4-2-6/h3-4H2,1-2H3;5-6H,1-4H2. The molecule has 0 aliphatic carbocycles. The lowest BCUT2D eigenvalue weighted by atomic mass is 10.5. The van der Waals surface area contributed by atoms with Crippen LogP contribution in [0.25, 0.3) is 0 Å². The van der Waals surface area contributed by atoms with Gasteiger partial charge in [-0.15, -0.1) is 0 Å². The van der Waals surface area contributed by atoms with Crippen LogP contribution in [0.4, 0.5) is 0 Å². The third-order valence-corrected chi connectivity index (χ3v) is 0.981. The lowest BCUT2D eigenvalue weighted by Crippen LogP contribution is -2.03. The Morgan fingerprint density at radius 1 is 1.14 bits per heavy atom. The molecule has 14 heavy (non-hydrogen) atoms. The van der Waals surface area contributed by atoms with E-state index < -0.39 is 0 Å². The molecule has 0 radical (unpaired) electrons. The highest BCUT2D eigenvalue weighted by Gasteiger charge is 1.85. The van der Waals surface area contributed by atoms with E-state index in [1.807, 2.05) is 6.92 Å². The molecule has 0 fully saturated rings. The lowest BCUT2D eigenvalue weighted by molar-refractivity contribution is -0.140. The van der Waals surface area contributed by atoms with Gasteiger partial charge in [0.2, 0.25) is 0 Å². The van der Waals surface area contributed by atoms with Crippen molar-refractivity contribution < 1.29 is 24.5 Å². The number of hydrogen-bond donors (Lipinski definition) is 2. The Morgan fingerprint density at radius 2 is 1.64 bits per heavy atom. The van der Waals surface area contributed by atoms with E-state index in [-0.39, 0.29) is 19.2 Å². The molecule has 0 aliphatic heterocycles. The van der Waals surface area contributed by atoms with Gasteiger partial charge >= 0.3 is 5.97 Å². The van der Waals surface area contributed by atoms with E-state index in [9.17, 15) is 4.79 Å². The molecule has 0 bridgehead atoms. The highest BCUT2D eigenvalue weighted by atomic mass is 16.5. The minimum atomic E-state index is -0.193. The SMILES string of the molecule is CCCOC(C)=O.OCCOCCO. The Kier molecular flexibility index (Phi) is 16.8. The summed E-state index contributed by atoms with van der Waals surface area (Å²) < 4.78 is 9.18. The maximum atomic E-state index is 9.98. The van der Waals surface area contributed by atoms with E-state index >= 15 is 0 Å². The number of carbonyl (C=O) groups excluding carboxylic acids is 1. The van der Waals surface area contributed by atoms with Gasteiger partial charge in [0, 0.05) is 6.92 Å². The molecule has 0 aromatic rings. The summed E-state index contributed by atoms with van der Waals surface area (Å²) in [5.41, 5.74) is 0. The van der Waals surface area contributed by atoms with Crippen LogP contribution in [-0.2, 0) is 14.3 Å². The lowest BCUT2D eigenvalue weighted by Gasteiger charge is -1.94. The van der Waals surface area contributed by atoms with Gasteiger partial charge < -0.3 is 19.7 Å². The van der Waals surface area contributed by atoms with Crippen LogP contribution in [0, 0.1) is 0 Å². The van der Waals surface area contributed by atoms with Crippen LogP contribution >= 0.6 is 0 Å². The van der Waals surface area contributed by atoms with E-state index in [0.29, 0.717) is 19.8 Å². The molecule has 0 atom stereocenters. The number of carbonyl (C=O) groups is 1. The summed E-state index contributed by atoms with van der Waals surface area (Å²) in [4.78, 5) is 9.98. The Bertz CT molecular complexity index is 112. The second-order valence-corrected chi connectivity index (χ2v) is 2.40. The number of aliphatic hydroxyl groups is 2. The molecule has 0 saturated heterocycles. The predicted octanol–water partition coefficient (Wildman–Crippen LogP) is -0.0529. The smallest absolute Gasteiger partial charge is 0.302 e. The van der Waals surface area contributed by atoms with Crippen molar-refractivity contribution in [2.75, 3.05) is 33.0 Å². The van der Waals surface area contributed by atoms with Gasteiger partial charge in [0.05, 0.1) is 33.0 Å². The Hall–Kier alpha value is -0.650. The van der Waals surface area contributed by atoms with Crippen LogP contribution in [-0.4, -0.2) is 49.2 Å². The fourth-order valence-electron chi connectivity index (χ4n) is 0.477. The topological polar surface area (TPSA) is 76.0 Å². The molecule has 0 spiro atoms. The van der Waals surface area contributed by atoms with E-state index in [4.69, 9.17) is 10.2 Å². The molecule has 0 heterocycles. The molecular weight excluding hydrogens is 188 g/mol. The maximum absolute atomic E-state index is 9.98. The van der Waals surface area contributed by atoms with Gasteiger partial charge in [-0.1, -0.05) is 6.92 Å². The first-order chi connectivity index (χ1) is 6.68. The van der Waals surface area contributed by atoms with Crippen molar-refractivity contribution in [1.82, 2.24) is 0 Å². The minimum Gasteiger partial charge on any atom is -0.466 e. The number of ether oxygens (including phenoxy) is 2. The quantitative estimate of drug-likeness (QED) is 0.472. The van der Waals surface area contributed by atoms with E-state index in [1.54, 1.807) is 0 Å². The van der Waals surface area contributed by atoms with Gasteiger partial charge in [-0.2, -0.15) is 0 Å². The summed E-state index contributed by atoms with van der Waals surface area (Å²) >= 11 is 0. The van der Waals surface area contributed by atoms with Gasteiger partial charge in [-0.3, -0.25) is 4.79 Å².